The Balaban J connectivity index is 1.42. The summed E-state index contributed by atoms with van der Waals surface area (Å²) in [5, 5.41) is 5.68. The standard InChI is InChI=1S/C26H29N3O4/c1-19-4-12-24(13-5-19)33-17-16-29(2)18-25(30)27-21-8-6-20(7-9-21)26(31)28-22-10-14-23(32-3)15-11-22/h4-15H,16-18H2,1-3H3,(H,27,30)(H,28,31). The third kappa shape index (κ3) is 7.66. The molecule has 0 saturated heterocycles. The lowest BCUT2D eigenvalue weighted by Gasteiger charge is -2.17. The van der Waals surface area contributed by atoms with E-state index in [1.54, 1.807) is 55.6 Å². The number of likely N-dealkylation sites (N-methyl/N-ethyl adjacent to an activating group) is 1. The molecule has 172 valence electrons. The Morgan fingerprint density at radius 2 is 1.39 bits per heavy atom. The second-order valence-electron chi connectivity index (χ2n) is 7.71. The number of amides is 2. The Kier molecular flexibility index (Phi) is 8.43. The molecule has 0 heterocycles. The monoisotopic (exact) mass is 447 g/mol. The van der Waals surface area contributed by atoms with Gasteiger partial charge in [-0.1, -0.05) is 17.7 Å². The van der Waals surface area contributed by atoms with Crippen molar-refractivity contribution in [3.63, 3.8) is 0 Å². The van der Waals surface area contributed by atoms with E-state index in [0.717, 1.165) is 11.5 Å². The molecule has 7 nitrogen and oxygen atoms in total. The molecule has 0 aliphatic carbocycles. The molecule has 0 spiro atoms. The van der Waals surface area contributed by atoms with Crippen LogP contribution in [0.5, 0.6) is 11.5 Å². The average Bonchev–Trinajstić information content (AvgIpc) is 2.81. The van der Waals surface area contributed by atoms with E-state index in [9.17, 15) is 9.59 Å². The smallest absolute Gasteiger partial charge is 0.255 e. The van der Waals surface area contributed by atoms with Crippen molar-refractivity contribution in [1.82, 2.24) is 4.90 Å². The Morgan fingerprint density at radius 3 is 2.03 bits per heavy atom. The van der Waals surface area contributed by atoms with Gasteiger partial charge in [0.2, 0.25) is 5.91 Å². The van der Waals surface area contributed by atoms with Crippen molar-refractivity contribution in [1.29, 1.82) is 0 Å². The van der Waals surface area contributed by atoms with Crippen molar-refractivity contribution in [2.45, 2.75) is 6.92 Å². The van der Waals surface area contributed by atoms with E-state index in [1.165, 1.54) is 5.56 Å². The number of benzene rings is 3. The van der Waals surface area contributed by atoms with Crippen LogP contribution in [-0.2, 0) is 4.79 Å². The van der Waals surface area contributed by atoms with Crippen LogP contribution in [0.3, 0.4) is 0 Å². The van der Waals surface area contributed by atoms with Gasteiger partial charge >= 0.3 is 0 Å². The highest BCUT2D eigenvalue weighted by atomic mass is 16.5. The van der Waals surface area contributed by atoms with Gasteiger partial charge in [0.25, 0.3) is 5.91 Å². The fourth-order valence-corrected chi connectivity index (χ4v) is 3.06. The molecule has 0 radical (unpaired) electrons. The lowest BCUT2D eigenvalue weighted by molar-refractivity contribution is -0.117. The summed E-state index contributed by atoms with van der Waals surface area (Å²) in [7, 11) is 3.46. The number of carbonyl (C=O) groups is 2. The third-order valence-electron chi connectivity index (χ3n) is 4.95. The van der Waals surface area contributed by atoms with Crippen LogP contribution in [0.1, 0.15) is 15.9 Å². The molecule has 0 aliphatic heterocycles. The normalized spacial score (nSPS) is 10.5. The molecule has 3 aromatic carbocycles. The highest BCUT2D eigenvalue weighted by molar-refractivity contribution is 6.04. The van der Waals surface area contributed by atoms with Gasteiger partial charge in [-0.2, -0.15) is 0 Å². The summed E-state index contributed by atoms with van der Waals surface area (Å²) in [6.45, 7) is 3.37. The molecule has 0 unspecified atom stereocenters. The Hall–Kier alpha value is -3.84. The summed E-state index contributed by atoms with van der Waals surface area (Å²) in [6, 6.07) is 21.7. The maximum atomic E-state index is 12.4. The van der Waals surface area contributed by atoms with Crippen LogP contribution in [0.4, 0.5) is 11.4 Å². The lowest BCUT2D eigenvalue weighted by Crippen LogP contribution is -2.33. The summed E-state index contributed by atoms with van der Waals surface area (Å²) >= 11 is 0. The van der Waals surface area contributed by atoms with Gasteiger partial charge in [-0.15, -0.1) is 0 Å². The molecular formula is C26H29N3O4. The Morgan fingerprint density at radius 1 is 0.818 bits per heavy atom. The van der Waals surface area contributed by atoms with Crippen molar-refractivity contribution >= 4 is 23.2 Å². The van der Waals surface area contributed by atoms with Gasteiger partial charge in [-0.3, -0.25) is 14.5 Å². The van der Waals surface area contributed by atoms with Gasteiger partial charge < -0.3 is 20.1 Å². The van der Waals surface area contributed by atoms with Crippen molar-refractivity contribution in [3.05, 3.63) is 83.9 Å². The number of aryl methyl sites for hydroxylation is 1. The fourth-order valence-electron chi connectivity index (χ4n) is 3.06. The first-order valence-corrected chi connectivity index (χ1v) is 10.7. The molecule has 33 heavy (non-hydrogen) atoms. The molecule has 3 aromatic rings. The molecule has 0 aromatic heterocycles. The summed E-state index contributed by atoms with van der Waals surface area (Å²) in [5.74, 6) is 1.17. The van der Waals surface area contributed by atoms with Crippen LogP contribution in [-0.4, -0.2) is 50.6 Å². The van der Waals surface area contributed by atoms with Crippen molar-refractivity contribution in [2.75, 3.05) is 44.5 Å². The predicted octanol–water partition coefficient (Wildman–Crippen LogP) is 4.21. The highest BCUT2D eigenvalue weighted by Crippen LogP contribution is 2.17. The fraction of sp³-hybridized carbons (Fsp3) is 0.231. The number of methoxy groups -OCH3 is 1. The predicted molar refractivity (Wildman–Crippen MR) is 130 cm³/mol. The SMILES string of the molecule is COc1ccc(NC(=O)c2ccc(NC(=O)CN(C)CCOc3ccc(C)cc3)cc2)cc1. The number of hydrogen-bond acceptors (Lipinski definition) is 5. The number of ether oxygens (including phenoxy) is 2. The molecule has 0 saturated carbocycles. The average molecular weight is 448 g/mol. The number of carbonyl (C=O) groups excluding carboxylic acids is 2. The van der Waals surface area contributed by atoms with Crippen LogP contribution in [0.25, 0.3) is 0 Å². The molecule has 0 bridgehead atoms. The summed E-state index contributed by atoms with van der Waals surface area (Å²) < 4.78 is 10.8. The minimum Gasteiger partial charge on any atom is -0.497 e. The number of anilines is 2. The van der Waals surface area contributed by atoms with Crippen LogP contribution >= 0.6 is 0 Å². The second kappa shape index (κ2) is 11.7. The molecule has 2 amide bonds. The molecule has 0 atom stereocenters. The first-order chi connectivity index (χ1) is 15.9. The van der Waals surface area contributed by atoms with Crippen molar-refractivity contribution in [2.24, 2.45) is 0 Å². The van der Waals surface area contributed by atoms with Gasteiger partial charge in [0.15, 0.2) is 0 Å². The Labute approximate surface area is 194 Å². The summed E-state index contributed by atoms with van der Waals surface area (Å²) in [6.07, 6.45) is 0. The van der Waals surface area contributed by atoms with Crippen LogP contribution in [0.2, 0.25) is 0 Å². The zero-order valence-electron chi connectivity index (χ0n) is 19.1. The van der Waals surface area contributed by atoms with Gasteiger partial charge in [0, 0.05) is 23.5 Å². The van der Waals surface area contributed by atoms with Crippen LogP contribution < -0.4 is 20.1 Å². The first-order valence-electron chi connectivity index (χ1n) is 10.7. The minimum atomic E-state index is -0.230. The maximum absolute atomic E-state index is 12.4. The topological polar surface area (TPSA) is 79.9 Å². The van der Waals surface area contributed by atoms with Crippen molar-refractivity contribution < 1.29 is 19.1 Å². The van der Waals surface area contributed by atoms with Gasteiger partial charge in [0.1, 0.15) is 18.1 Å². The first kappa shape index (κ1) is 23.8. The van der Waals surface area contributed by atoms with Crippen LogP contribution in [0.15, 0.2) is 72.8 Å². The van der Waals surface area contributed by atoms with E-state index in [0.29, 0.717) is 30.1 Å². The molecule has 0 aliphatic rings. The number of nitrogens with one attached hydrogen (secondary N) is 2. The van der Waals surface area contributed by atoms with E-state index in [1.807, 2.05) is 43.1 Å². The molecule has 2 N–H and O–H groups in total. The summed E-state index contributed by atoms with van der Waals surface area (Å²) in [4.78, 5) is 26.6. The summed E-state index contributed by atoms with van der Waals surface area (Å²) in [5.41, 5.74) is 2.98. The van der Waals surface area contributed by atoms with E-state index < -0.39 is 0 Å². The molecule has 3 rings (SSSR count). The van der Waals surface area contributed by atoms with Gasteiger partial charge in [-0.25, -0.2) is 0 Å². The Bertz CT molecular complexity index is 1050. The maximum Gasteiger partial charge on any atom is 0.255 e. The largest absolute Gasteiger partial charge is 0.497 e. The second-order valence-corrected chi connectivity index (χ2v) is 7.71. The number of rotatable bonds is 10. The minimum absolute atomic E-state index is 0.136. The number of nitrogens with zero attached hydrogens (tertiary/aromatic N) is 1. The van der Waals surface area contributed by atoms with Crippen LogP contribution in [0, 0.1) is 6.92 Å². The molecular weight excluding hydrogens is 418 g/mol. The van der Waals surface area contributed by atoms with E-state index in [-0.39, 0.29) is 18.4 Å². The molecule has 0 fully saturated rings. The van der Waals surface area contributed by atoms with E-state index in [2.05, 4.69) is 10.6 Å². The van der Waals surface area contributed by atoms with E-state index in [4.69, 9.17) is 9.47 Å². The van der Waals surface area contributed by atoms with Gasteiger partial charge in [0.05, 0.1) is 13.7 Å². The zero-order valence-corrected chi connectivity index (χ0v) is 19.1. The third-order valence-corrected chi connectivity index (χ3v) is 4.95. The van der Waals surface area contributed by atoms with E-state index >= 15 is 0 Å². The highest BCUT2D eigenvalue weighted by Gasteiger charge is 2.09. The lowest BCUT2D eigenvalue weighted by atomic mass is 10.2. The van der Waals surface area contributed by atoms with Gasteiger partial charge in [-0.05, 0) is 74.6 Å². The quantitative estimate of drug-likeness (QED) is 0.487. The molecule has 7 heteroatoms. The van der Waals surface area contributed by atoms with Crippen molar-refractivity contribution in [3.8, 4) is 11.5 Å². The number of hydrogen-bond donors (Lipinski definition) is 2. The zero-order chi connectivity index (χ0) is 23.6.